The molecule has 1 aromatic carbocycles. The van der Waals surface area contributed by atoms with E-state index in [1.54, 1.807) is 0 Å². The van der Waals surface area contributed by atoms with Gasteiger partial charge in [0.05, 0.1) is 0 Å². The molecule has 0 spiro atoms. The zero-order valence-electron chi connectivity index (χ0n) is 10.4. The van der Waals surface area contributed by atoms with E-state index in [9.17, 15) is 4.79 Å². The highest BCUT2D eigenvalue weighted by Crippen LogP contribution is 2.23. The molecule has 98 valence electrons. The van der Waals surface area contributed by atoms with Crippen LogP contribution in [0, 0.1) is 0 Å². The number of hydrogen-bond acceptors (Lipinski definition) is 2. The van der Waals surface area contributed by atoms with Gasteiger partial charge < -0.3 is 20.9 Å². The lowest BCUT2D eigenvalue weighted by atomic mass is 10.1. The predicted octanol–water partition coefficient (Wildman–Crippen LogP) is 2.14. The van der Waals surface area contributed by atoms with Crippen LogP contribution in [0.3, 0.4) is 0 Å². The second kappa shape index (κ2) is 5.75. The van der Waals surface area contributed by atoms with E-state index in [0.717, 1.165) is 17.4 Å². The van der Waals surface area contributed by atoms with Gasteiger partial charge in [0, 0.05) is 29.3 Å². The summed E-state index contributed by atoms with van der Waals surface area (Å²) in [5.74, 6) is 0. The molecule has 2 aromatic rings. The van der Waals surface area contributed by atoms with Crippen molar-refractivity contribution in [3.05, 3.63) is 30.0 Å². The van der Waals surface area contributed by atoms with E-state index in [1.807, 2.05) is 38.5 Å². The number of nitrogens with one attached hydrogen (secondary N) is 2. The Hall–Kier alpha value is -1.72. The fraction of sp³-hybridized carbons (Fsp3) is 0.250. The minimum Gasteiger partial charge on any atom is -0.361 e. The second-order valence-electron chi connectivity index (χ2n) is 4.30. The van der Waals surface area contributed by atoms with E-state index in [4.69, 9.17) is 5.73 Å². The fourth-order valence-electron chi connectivity index (χ4n) is 1.87. The largest absolute Gasteiger partial charge is 0.361 e. The predicted molar refractivity (Wildman–Crippen MR) is 76.1 cm³/mol. The summed E-state index contributed by atoms with van der Waals surface area (Å²) in [6, 6.07) is 5.13. The first kappa shape index (κ1) is 14.3. The Morgan fingerprint density at radius 3 is 2.78 bits per heavy atom. The van der Waals surface area contributed by atoms with Gasteiger partial charge in [-0.05, 0) is 37.9 Å². The molecule has 0 aliphatic carbocycles. The Kier molecular flexibility index (Phi) is 4.58. The quantitative estimate of drug-likeness (QED) is 0.798. The number of primary amides is 1. The van der Waals surface area contributed by atoms with Gasteiger partial charge in [0.1, 0.15) is 0 Å². The van der Waals surface area contributed by atoms with E-state index >= 15 is 0 Å². The molecule has 0 unspecified atom stereocenters. The summed E-state index contributed by atoms with van der Waals surface area (Å²) in [5, 5.41) is 3.68. The van der Waals surface area contributed by atoms with Crippen molar-refractivity contribution >= 4 is 35.0 Å². The van der Waals surface area contributed by atoms with Crippen molar-refractivity contribution in [2.24, 2.45) is 5.73 Å². The SMILES string of the molecule is CN(C)Cc1c[nH]c2ccc(NC(N)=O)cc12.Cl. The average molecular weight is 269 g/mol. The number of anilines is 1. The molecule has 0 bridgehead atoms. The number of fused-ring (bicyclic) bond motifs is 1. The normalized spacial score (nSPS) is 10.4. The number of benzene rings is 1. The monoisotopic (exact) mass is 268 g/mol. The number of hydrogen-bond donors (Lipinski definition) is 3. The van der Waals surface area contributed by atoms with Crippen molar-refractivity contribution in [3.8, 4) is 0 Å². The van der Waals surface area contributed by atoms with Crippen molar-refractivity contribution in [2.45, 2.75) is 6.54 Å². The third kappa shape index (κ3) is 3.15. The van der Waals surface area contributed by atoms with Crippen LogP contribution in [-0.4, -0.2) is 30.0 Å². The number of carbonyl (C=O) groups excluding carboxylic acids is 1. The molecule has 0 fully saturated rings. The number of amides is 2. The van der Waals surface area contributed by atoms with Gasteiger partial charge in [0.2, 0.25) is 0 Å². The molecular formula is C12H17ClN4O. The smallest absolute Gasteiger partial charge is 0.316 e. The first-order valence-corrected chi connectivity index (χ1v) is 5.37. The Morgan fingerprint density at radius 1 is 1.44 bits per heavy atom. The Morgan fingerprint density at radius 2 is 2.17 bits per heavy atom. The summed E-state index contributed by atoms with van der Waals surface area (Å²) in [5.41, 5.74) is 8.05. The molecular weight excluding hydrogens is 252 g/mol. The van der Waals surface area contributed by atoms with Crippen LogP contribution in [0.2, 0.25) is 0 Å². The Bertz CT molecular complexity index is 550. The summed E-state index contributed by atoms with van der Waals surface area (Å²) in [7, 11) is 4.04. The molecule has 5 nitrogen and oxygen atoms in total. The number of rotatable bonds is 3. The maximum absolute atomic E-state index is 10.8. The number of nitrogens with two attached hydrogens (primary N) is 1. The Labute approximate surface area is 112 Å². The van der Waals surface area contributed by atoms with E-state index in [-0.39, 0.29) is 12.4 Å². The zero-order valence-corrected chi connectivity index (χ0v) is 11.2. The lowest BCUT2D eigenvalue weighted by molar-refractivity contribution is 0.259. The summed E-state index contributed by atoms with van der Waals surface area (Å²) < 4.78 is 0. The number of aromatic nitrogens is 1. The lowest BCUT2D eigenvalue weighted by Crippen LogP contribution is -2.19. The van der Waals surface area contributed by atoms with E-state index in [2.05, 4.69) is 15.2 Å². The van der Waals surface area contributed by atoms with Crippen LogP contribution in [-0.2, 0) is 6.54 Å². The highest BCUT2D eigenvalue weighted by Gasteiger charge is 2.06. The molecule has 1 heterocycles. The summed E-state index contributed by atoms with van der Waals surface area (Å²) in [6.07, 6.45) is 1.98. The highest BCUT2D eigenvalue weighted by atomic mass is 35.5. The van der Waals surface area contributed by atoms with Crippen molar-refractivity contribution in [1.29, 1.82) is 0 Å². The third-order valence-corrected chi connectivity index (χ3v) is 2.52. The number of aromatic amines is 1. The van der Waals surface area contributed by atoms with E-state index in [1.165, 1.54) is 5.56 Å². The van der Waals surface area contributed by atoms with Gasteiger partial charge in [0.15, 0.2) is 0 Å². The second-order valence-corrected chi connectivity index (χ2v) is 4.30. The minimum atomic E-state index is -0.547. The van der Waals surface area contributed by atoms with Crippen LogP contribution in [0.4, 0.5) is 10.5 Å². The van der Waals surface area contributed by atoms with Gasteiger partial charge in [-0.2, -0.15) is 0 Å². The van der Waals surface area contributed by atoms with Gasteiger partial charge in [-0.1, -0.05) is 0 Å². The molecule has 0 saturated carbocycles. The highest BCUT2D eigenvalue weighted by molar-refractivity contribution is 5.93. The van der Waals surface area contributed by atoms with Crippen molar-refractivity contribution in [3.63, 3.8) is 0 Å². The van der Waals surface area contributed by atoms with Crippen LogP contribution in [0.15, 0.2) is 24.4 Å². The van der Waals surface area contributed by atoms with E-state index < -0.39 is 6.03 Å². The van der Waals surface area contributed by atoms with Crippen molar-refractivity contribution < 1.29 is 4.79 Å². The summed E-state index contributed by atoms with van der Waals surface area (Å²) >= 11 is 0. The zero-order chi connectivity index (χ0) is 12.4. The molecule has 1 aromatic heterocycles. The van der Waals surface area contributed by atoms with Gasteiger partial charge in [-0.15, -0.1) is 12.4 Å². The van der Waals surface area contributed by atoms with Gasteiger partial charge in [-0.3, -0.25) is 0 Å². The molecule has 0 aliphatic heterocycles. The van der Waals surface area contributed by atoms with Gasteiger partial charge in [-0.25, -0.2) is 4.79 Å². The molecule has 0 atom stereocenters. The van der Waals surface area contributed by atoms with Crippen LogP contribution in [0.25, 0.3) is 10.9 Å². The van der Waals surface area contributed by atoms with Crippen LogP contribution in [0.1, 0.15) is 5.56 Å². The summed E-state index contributed by atoms with van der Waals surface area (Å²) in [6.45, 7) is 0.847. The molecule has 18 heavy (non-hydrogen) atoms. The van der Waals surface area contributed by atoms with Gasteiger partial charge >= 0.3 is 6.03 Å². The molecule has 2 amide bonds. The van der Waals surface area contributed by atoms with E-state index in [0.29, 0.717) is 5.69 Å². The molecule has 0 radical (unpaired) electrons. The van der Waals surface area contributed by atoms with Crippen molar-refractivity contribution in [2.75, 3.05) is 19.4 Å². The first-order valence-electron chi connectivity index (χ1n) is 5.37. The number of urea groups is 1. The molecule has 2 rings (SSSR count). The maximum atomic E-state index is 10.8. The molecule has 4 N–H and O–H groups in total. The van der Waals surface area contributed by atoms with Crippen LogP contribution < -0.4 is 11.1 Å². The Balaban J connectivity index is 0.00000162. The number of halogens is 1. The third-order valence-electron chi connectivity index (χ3n) is 2.52. The van der Waals surface area contributed by atoms with Crippen LogP contribution in [0.5, 0.6) is 0 Å². The molecule has 6 heteroatoms. The number of H-pyrrole nitrogens is 1. The summed E-state index contributed by atoms with van der Waals surface area (Å²) in [4.78, 5) is 16.1. The average Bonchev–Trinajstić information content (AvgIpc) is 2.59. The lowest BCUT2D eigenvalue weighted by Gasteiger charge is -2.08. The van der Waals surface area contributed by atoms with Crippen LogP contribution >= 0.6 is 12.4 Å². The molecule has 0 saturated heterocycles. The van der Waals surface area contributed by atoms with Crippen molar-refractivity contribution in [1.82, 2.24) is 9.88 Å². The number of carbonyl (C=O) groups is 1. The fourth-order valence-corrected chi connectivity index (χ4v) is 1.87. The van der Waals surface area contributed by atoms with Gasteiger partial charge in [0.25, 0.3) is 0 Å². The standard InChI is InChI=1S/C12H16N4O.ClH/c1-16(2)7-8-6-14-11-4-3-9(5-10(8)11)15-12(13)17;/h3-6,14H,7H2,1-2H3,(H3,13,15,17);1H. The topological polar surface area (TPSA) is 74.2 Å². The maximum Gasteiger partial charge on any atom is 0.316 e. The first-order chi connectivity index (χ1) is 8.06. The minimum absolute atomic E-state index is 0. The number of nitrogens with zero attached hydrogens (tertiary/aromatic N) is 1. The molecule has 0 aliphatic rings.